The molecule has 0 aliphatic rings. The Hall–Kier alpha value is -2.11. The molecular weight excluding hydrogens is 342 g/mol. The lowest BCUT2D eigenvalue weighted by Gasteiger charge is -2.30. The van der Waals surface area contributed by atoms with Gasteiger partial charge in [-0.3, -0.25) is 4.90 Å². The van der Waals surface area contributed by atoms with Crippen molar-refractivity contribution >= 4 is 17.3 Å². The van der Waals surface area contributed by atoms with Crippen LogP contribution in [0.3, 0.4) is 0 Å². The highest BCUT2D eigenvalue weighted by atomic mass is 32.1. The SMILES string of the molecule is CCN(CC)[C@@H](CNC(=S)NCc1ccc(OC)cc1)c1ccccc1. The molecule has 0 saturated carbocycles. The van der Waals surface area contributed by atoms with Gasteiger partial charge in [-0.05, 0) is 48.6 Å². The van der Waals surface area contributed by atoms with E-state index >= 15 is 0 Å². The molecule has 26 heavy (non-hydrogen) atoms. The summed E-state index contributed by atoms with van der Waals surface area (Å²) in [7, 11) is 1.67. The van der Waals surface area contributed by atoms with Gasteiger partial charge in [-0.2, -0.15) is 0 Å². The van der Waals surface area contributed by atoms with E-state index < -0.39 is 0 Å². The van der Waals surface area contributed by atoms with E-state index in [1.54, 1.807) is 7.11 Å². The molecule has 140 valence electrons. The van der Waals surface area contributed by atoms with Crippen LogP contribution in [0, 0.1) is 0 Å². The monoisotopic (exact) mass is 371 g/mol. The van der Waals surface area contributed by atoms with Crippen molar-refractivity contribution in [2.75, 3.05) is 26.7 Å². The lowest BCUT2D eigenvalue weighted by molar-refractivity contribution is 0.219. The molecule has 0 bridgehead atoms. The predicted octanol–water partition coefficient (Wildman–Crippen LogP) is 3.74. The summed E-state index contributed by atoms with van der Waals surface area (Å²) in [6.45, 7) is 7.87. The molecule has 4 nitrogen and oxygen atoms in total. The minimum Gasteiger partial charge on any atom is -0.497 e. The quantitative estimate of drug-likeness (QED) is 0.657. The zero-order valence-corrected chi connectivity index (χ0v) is 16.7. The maximum Gasteiger partial charge on any atom is 0.166 e. The Morgan fingerprint density at radius 3 is 2.23 bits per heavy atom. The maximum atomic E-state index is 5.46. The molecule has 0 fully saturated rings. The van der Waals surface area contributed by atoms with Gasteiger partial charge >= 0.3 is 0 Å². The number of thiocarbonyl (C=S) groups is 1. The number of likely N-dealkylation sites (N-methyl/N-ethyl adjacent to an activating group) is 1. The molecule has 0 spiro atoms. The third-order valence-electron chi connectivity index (χ3n) is 4.51. The first-order chi connectivity index (χ1) is 12.7. The maximum absolute atomic E-state index is 5.46. The summed E-state index contributed by atoms with van der Waals surface area (Å²) in [6.07, 6.45) is 0. The highest BCUT2D eigenvalue weighted by molar-refractivity contribution is 7.80. The van der Waals surface area contributed by atoms with Crippen molar-refractivity contribution in [2.45, 2.75) is 26.4 Å². The number of nitrogens with one attached hydrogen (secondary N) is 2. The van der Waals surface area contributed by atoms with Gasteiger partial charge in [0.05, 0.1) is 13.2 Å². The topological polar surface area (TPSA) is 36.5 Å². The van der Waals surface area contributed by atoms with Crippen LogP contribution >= 0.6 is 12.2 Å². The molecule has 0 aliphatic heterocycles. The fraction of sp³-hybridized carbons (Fsp3) is 0.381. The van der Waals surface area contributed by atoms with Crippen LogP contribution in [0.2, 0.25) is 0 Å². The first-order valence-electron chi connectivity index (χ1n) is 9.11. The van der Waals surface area contributed by atoms with E-state index in [1.807, 2.05) is 24.3 Å². The number of benzene rings is 2. The van der Waals surface area contributed by atoms with Crippen molar-refractivity contribution in [3.05, 3.63) is 65.7 Å². The van der Waals surface area contributed by atoms with Gasteiger partial charge in [-0.1, -0.05) is 56.3 Å². The van der Waals surface area contributed by atoms with Crippen molar-refractivity contribution in [3.63, 3.8) is 0 Å². The van der Waals surface area contributed by atoms with Crippen molar-refractivity contribution in [2.24, 2.45) is 0 Å². The van der Waals surface area contributed by atoms with E-state index in [-0.39, 0.29) is 0 Å². The van der Waals surface area contributed by atoms with Crippen LogP contribution < -0.4 is 15.4 Å². The highest BCUT2D eigenvalue weighted by Gasteiger charge is 2.17. The largest absolute Gasteiger partial charge is 0.497 e. The van der Waals surface area contributed by atoms with E-state index in [4.69, 9.17) is 17.0 Å². The van der Waals surface area contributed by atoms with Crippen LogP contribution in [0.15, 0.2) is 54.6 Å². The molecule has 2 rings (SSSR count). The first-order valence-corrected chi connectivity index (χ1v) is 9.52. The summed E-state index contributed by atoms with van der Waals surface area (Å²) < 4.78 is 5.18. The Kier molecular flexibility index (Phi) is 8.38. The second-order valence-corrected chi connectivity index (χ2v) is 6.47. The summed E-state index contributed by atoms with van der Waals surface area (Å²) in [6, 6.07) is 18.9. The molecule has 0 heterocycles. The van der Waals surface area contributed by atoms with Crippen LogP contribution in [0.1, 0.15) is 31.0 Å². The molecule has 2 N–H and O–H groups in total. The summed E-state index contributed by atoms with van der Waals surface area (Å²) in [5.41, 5.74) is 2.47. The lowest BCUT2D eigenvalue weighted by atomic mass is 10.1. The smallest absolute Gasteiger partial charge is 0.166 e. The predicted molar refractivity (Wildman–Crippen MR) is 113 cm³/mol. The van der Waals surface area contributed by atoms with Gasteiger partial charge in [0, 0.05) is 13.1 Å². The minimum absolute atomic E-state index is 0.298. The number of rotatable bonds is 9. The molecular formula is C21H29N3OS. The fourth-order valence-corrected chi connectivity index (χ4v) is 3.13. The van der Waals surface area contributed by atoms with Crippen LogP contribution in [0.5, 0.6) is 5.75 Å². The summed E-state index contributed by atoms with van der Waals surface area (Å²) >= 11 is 5.46. The molecule has 0 aliphatic carbocycles. The van der Waals surface area contributed by atoms with E-state index in [9.17, 15) is 0 Å². The van der Waals surface area contributed by atoms with Gasteiger partial charge in [0.15, 0.2) is 5.11 Å². The molecule has 0 radical (unpaired) electrons. The van der Waals surface area contributed by atoms with Crippen LogP contribution in [-0.4, -0.2) is 36.8 Å². The summed E-state index contributed by atoms with van der Waals surface area (Å²) in [4.78, 5) is 2.44. The van der Waals surface area contributed by atoms with Gasteiger partial charge in [0.25, 0.3) is 0 Å². The molecule has 5 heteroatoms. The molecule has 1 atom stereocenters. The summed E-state index contributed by atoms with van der Waals surface area (Å²) in [5, 5.41) is 7.33. The second kappa shape index (κ2) is 10.8. The van der Waals surface area contributed by atoms with Gasteiger partial charge in [-0.25, -0.2) is 0 Å². The Balaban J connectivity index is 1.89. The first kappa shape index (κ1) is 20.2. The van der Waals surface area contributed by atoms with E-state index in [0.29, 0.717) is 17.7 Å². The third-order valence-corrected chi connectivity index (χ3v) is 4.79. The number of hydrogen-bond donors (Lipinski definition) is 2. The molecule has 0 saturated heterocycles. The summed E-state index contributed by atoms with van der Waals surface area (Å²) in [5.74, 6) is 0.861. The molecule has 2 aromatic rings. The number of ether oxygens (including phenoxy) is 1. The molecule has 0 amide bonds. The number of methoxy groups -OCH3 is 1. The third kappa shape index (κ3) is 6.00. The van der Waals surface area contributed by atoms with E-state index in [2.05, 4.69) is 59.7 Å². The fourth-order valence-electron chi connectivity index (χ4n) is 2.97. The van der Waals surface area contributed by atoms with Crippen LogP contribution in [-0.2, 0) is 6.54 Å². The van der Waals surface area contributed by atoms with Crippen LogP contribution in [0.25, 0.3) is 0 Å². The molecule has 0 aromatic heterocycles. The van der Waals surface area contributed by atoms with E-state index in [1.165, 1.54) is 11.1 Å². The van der Waals surface area contributed by atoms with Crippen molar-refractivity contribution in [3.8, 4) is 5.75 Å². The van der Waals surface area contributed by atoms with Crippen molar-refractivity contribution < 1.29 is 4.74 Å². The Morgan fingerprint density at radius 2 is 1.65 bits per heavy atom. The normalized spacial score (nSPS) is 11.8. The van der Waals surface area contributed by atoms with Gasteiger partial charge in [0.2, 0.25) is 0 Å². The number of hydrogen-bond acceptors (Lipinski definition) is 3. The van der Waals surface area contributed by atoms with E-state index in [0.717, 1.165) is 25.4 Å². The van der Waals surface area contributed by atoms with Gasteiger partial charge < -0.3 is 15.4 Å². The standard InChI is InChI=1S/C21H29N3OS/c1-4-24(5-2)20(18-9-7-6-8-10-18)16-23-21(26)22-15-17-11-13-19(25-3)14-12-17/h6-14,20H,4-5,15-16H2,1-3H3,(H2,22,23,26)/t20-/m0/s1. The minimum atomic E-state index is 0.298. The van der Waals surface area contributed by atoms with Crippen molar-refractivity contribution in [1.29, 1.82) is 0 Å². The average molecular weight is 372 g/mol. The molecule has 0 unspecified atom stereocenters. The zero-order chi connectivity index (χ0) is 18.8. The Morgan fingerprint density at radius 1 is 1.00 bits per heavy atom. The number of nitrogens with zero attached hydrogens (tertiary/aromatic N) is 1. The second-order valence-electron chi connectivity index (χ2n) is 6.06. The Bertz CT molecular complexity index is 657. The van der Waals surface area contributed by atoms with Crippen LogP contribution in [0.4, 0.5) is 0 Å². The highest BCUT2D eigenvalue weighted by Crippen LogP contribution is 2.19. The zero-order valence-electron chi connectivity index (χ0n) is 15.9. The Labute approximate surface area is 162 Å². The van der Waals surface area contributed by atoms with Gasteiger partial charge in [0.1, 0.15) is 5.75 Å². The van der Waals surface area contributed by atoms with Crippen molar-refractivity contribution in [1.82, 2.24) is 15.5 Å². The lowest BCUT2D eigenvalue weighted by Crippen LogP contribution is -2.41. The molecule has 2 aromatic carbocycles. The van der Waals surface area contributed by atoms with Gasteiger partial charge in [-0.15, -0.1) is 0 Å². The average Bonchev–Trinajstić information content (AvgIpc) is 2.70.